The smallest absolute Gasteiger partial charge is 0.127 e. The van der Waals surface area contributed by atoms with Crippen LogP contribution in [0.4, 0.5) is 0 Å². The van der Waals surface area contributed by atoms with Crippen LogP contribution >= 0.6 is 0 Å². The summed E-state index contributed by atoms with van der Waals surface area (Å²) in [6, 6.07) is 0. The van der Waals surface area contributed by atoms with Crippen molar-refractivity contribution in [2.45, 2.75) is 25.9 Å². The molecule has 66 valence electrons. The fourth-order valence-electron chi connectivity index (χ4n) is 1.67. The standard InChI is InChI=1S/C10H14O2/c1-3-4-9-7(2)10(12)5-8(9)6-11/h3,6,8,10,12H,1,4-5H2,2H3. The van der Waals surface area contributed by atoms with E-state index >= 15 is 0 Å². The highest BCUT2D eigenvalue weighted by Gasteiger charge is 2.28. The molecule has 0 aromatic rings. The molecule has 1 aliphatic carbocycles. The maximum absolute atomic E-state index is 10.6. The summed E-state index contributed by atoms with van der Waals surface area (Å²) in [7, 11) is 0. The van der Waals surface area contributed by atoms with Crippen molar-refractivity contribution in [3.05, 3.63) is 23.8 Å². The van der Waals surface area contributed by atoms with Crippen molar-refractivity contribution in [3.8, 4) is 0 Å². The van der Waals surface area contributed by atoms with Crippen LogP contribution in [0.25, 0.3) is 0 Å². The third-order valence-corrected chi connectivity index (χ3v) is 2.46. The van der Waals surface area contributed by atoms with Crippen molar-refractivity contribution < 1.29 is 9.90 Å². The Hall–Kier alpha value is -0.890. The molecule has 2 nitrogen and oxygen atoms in total. The Balaban J connectivity index is 2.85. The molecule has 0 aliphatic heterocycles. The van der Waals surface area contributed by atoms with Gasteiger partial charge in [-0.3, -0.25) is 0 Å². The molecule has 2 heteroatoms. The summed E-state index contributed by atoms with van der Waals surface area (Å²) in [5, 5.41) is 9.45. The normalized spacial score (nSPS) is 29.2. The van der Waals surface area contributed by atoms with Gasteiger partial charge in [0.2, 0.25) is 0 Å². The molecule has 1 rings (SSSR count). The Morgan fingerprint density at radius 1 is 1.75 bits per heavy atom. The van der Waals surface area contributed by atoms with Crippen molar-refractivity contribution in [1.82, 2.24) is 0 Å². The number of hydrogen-bond donors (Lipinski definition) is 1. The van der Waals surface area contributed by atoms with Gasteiger partial charge in [-0.05, 0) is 25.3 Å². The minimum atomic E-state index is -0.421. The summed E-state index contributed by atoms with van der Waals surface area (Å²) in [6.07, 6.45) is 3.53. The second-order valence-electron chi connectivity index (χ2n) is 3.20. The molecule has 2 atom stereocenters. The fraction of sp³-hybridized carbons (Fsp3) is 0.500. The largest absolute Gasteiger partial charge is 0.389 e. The van der Waals surface area contributed by atoms with Crippen LogP contribution in [0.15, 0.2) is 23.8 Å². The Morgan fingerprint density at radius 3 is 2.92 bits per heavy atom. The predicted molar refractivity (Wildman–Crippen MR) is 47.7 cm³/mol. The van der Waals surface area contributed by atoms with E-state index in [1.807, 2.05) is 6.92 Å². The van der Waals surface area contributed by atoms with Crippen LogP contribution in [0.2, 0.25) is 0 Å². The predicted octanol–water partition coefficient (Wildman–Crippen LogP) is 1.46. The molecule has 0 fully saturated rings. The van der Waals surface area contributed by atoms with Gasteiger partial charge in [-0.1, -0.05) is 11.6 Å². The van der Waals surface area contributed by atoms with Crippen molar-refractivity contribution in [3.63, 3.8) is 0 Å². The molecule has 12 heavy (non-hydrogen) atoms. The number of carbonyl (C=O) groups is 1. The number of hydrogen-bond acceptors (Lipinski definition) is 2. The monoisotopic (exact) mass is 166 g/mol. The number of carbonyl (C=O) groups excluding carboxylic acids is 1. The summed E-state index contributed by atoms with van der Waals surface area (Å²) in [5.74, 6) is -0.0852. The van der Waals surface area contributed by atoms with E-state index in [1.165, 1.54) is 0 Å². The van der Waals surface area contributed by atoms with Crippen LogP contribution in [0, 0.1) is 5.92 Å². The maximum Gasteiger partial charge on any atom is 0.127 e. The topological polar surface area (TPSA) is 37.3 Å². The molecule has 0 saturated carbocycles. The lowest BCUT2D eigenvalue weighted by Crippen LogP contribution is -2.05. The zero-order valence-electron chi connectivity index (χ0n) is 7.29. The molecule has 0 radical (unpaired) electrons. The molecule has 1 aliphatic rings. The second kappa shape index (κ2) is 3.68. The number of aliphatic hydroxyl groups is 1. The van der Waals surface area contributed by atoms with Crippen molar-refractivity contribution in [1.29, 1.82) is 0 Å². The van der Waals surface area contributed by atoms with Gasteiger partial charge in [-0.15, -0.1) is 6.58 Å². The highest BCUT2D eigenvalue weighted by molar-refractivity contribution is 5.61. The van der Waals surface area contributed by atoms with Gasteiger partial charge in [0.1, 0.15) is 6.29 Å². The first kappa shape index (κ1) is 9.20. The van der Waals surface area contributed by atoms with Crippen LogP contribution in [-0.4, -0.2) is 17.5 Å². The third-order valence-electron chi connectivity index (χ3n) is 2.46. The molecule has 2 unspecified atom stereocenters. The van der Waals surface area contributed by atoms with E-state index in [1.54, 1.807) is 6.08 Å². The summed E-state index contributed by atoms with van der Waals surface area (Å²) >= 11 is 0. The first-order valence-electron chi connectivity index (χ1n) is 4.14. The van der Waals surface area contributed by atoms with Gasteiger partial charge in [0, 0.05) is 5.92 Å². The van der Waals surface area contributed by atoms with Gasteiger partial charge in [-0.2, -0.15) is 0 Å². The van der Waals surface area contributed by atoms with E-state index in [-0.39, 0.29) is 5.92 Å². The van der Waals surface area contributed by atoms with Crippen LogP contribution in [0.1, 0.15) is 19.8 Å². The first-order chi connectivity index (χ1) is 5.70. The first-order valence-corrected chi connectivity index (χ1v) is 4.14. The SMILES string of the molecule is C=CCC1=C(C)C(O)CC1C=O. The molecular formula is C10H14O2. The Labute approximate surface area is 72.6 Å². The Morgan fingerprint density at radius 2 is 2.42 bits per heavy atom. The van der Waals surface area contributed by atoms with E-state index < -0.39 is 6.10 Å². The zero-order valence-corrected chi connectivity index (χ0v) is 7.29. The average molecular weight is 166 g/mol. The number of allylic oxidation sites excluding steroid dienone is 2. The molecule has 0 heterocycles. The lowest BCUT2D eigenvalue weighted by molar-refractivity contribution is -0.110. The lowest BCUT2D eigenvalue weighted by atomic mass is 10.00. The number of aliphatic hydroxyl groups excluding tert-OH is 1. The third kappa shape index (κ3) is 1.48. The molecule has 0 aromatic heterocycles. The van der Waals surface area contributed by atoms with E-state index in [0.717, 1.165) is 17.4 Å². The maximum atomic E-state index is 10.6. The van der Waals surface area contributed by atoms with E-state index in [9.17, 15) is 9.90 Å². The fourth-order valence-corrected chi connectivity index (χ4v) is 1.67. The highest BCUT2D eigenvalue weighted by Crippen LogP contribution is 2.32. The molecule has 0 spiro atoms. The summed E-state index contributed by atoms with van der Waals surface area (Å²) in [4.78, 5) is 10.6. The molecule has 0 bridgehead atoms. The van der Waals surface area contributed by atoms with Gasteiger partial charge in [-0.25, -0.2) is 0 Å². The van der Waals surface area contributed by atoms with Crippen molar-refractivity contribution in [2.75, 3.05) is 0 Å². The summed E-state index contributed by atoms with van der Waals surface area (Å²) in [6.45, 7) is 5.50. The minimum Gasteiger partial charge on any atom is -0.389 e. The second-order valence-corrected chi connectivity index (χ2v) is 3.20. The van der Waals surface area contributed by atoms with E-state index in [0.29, 0.717) is 12.8 Å². The van der Waals surface area contributed by atoms with Crippen LogP contribution in [-0.2, 0) is 4.79 Å². The van der Waals surface area contributed by atoms with Gasteiger partial charge < -0.3 is 9.90 Å². The van der Waals surface area contributed by atoms with Crippen LogP contribution in [0.5, 0.6) is 0 Å². The van der Waals surface area contributed by atoms with E-state index in [2.05, 4.69) is 6.58 Å². The van der Waals surface area contributed by atoms with Crippen molar-refractivity contribution in [2.24, 2.45) is 5.92 Å². The molecule has 0 amide bonds. The Bertz CT molecular complexity index is 228. The zero-order chi connectivity index (χ0) is 9.14. The minimum absolute atomic E-state index is 0.0852. The highest BCUT2D eigenvalue weighted by atomic mass is 16.3. The van der Waals surface area contributed by atoms with Gasteiger partial charge >= 0.3 is 0 Å². The van der Waals surface area contributed by atoms with Crippen LogP contribution < -0.4 is 0 Å². The average Bonchev–Trinajstić information content (AvgIpc) is 2.33. The molecule has 0 aromatic carbocycles. The molecular weight excluding hydrogens is 152 g/mol. The molecule has 1 N–H and O–H groups in total. The number of rotatable bonds is 3. The van der Waals surface area contributed by atoms with Crippen molar-refractivity contribution >= 4 is 6.29 Å². The molecule has 0 saturated heterocycles. The van der Waals surface area contributed by atoms with Crippen LogP contribution in [0.3, 0.4) is 0 Å². The number of aldehydes is 1. The van der Waals surface area contributed by atoms with E-state index in [4.69, 9.17) is 0 Å². The summed E-state index contributed by atoms with van der Waals surface area (Å²) < 4.78 is 0. The summed E-state index contributed by atoms with van der Waals surface area (Å²) in [5.41, 5.74) is 2.00. The Kier molecular flexibility index (Phi) is 2.82. The van der Waals surface area contributed by atoms with Gasteiger partial charge in [0.25, 0.3) is 0 Å². The lowest BCUT2D eigenvalue weighted by Gasteiger charge is -2.04. The quantitative estimate of drug-likeness (QED) is 0.509. The van der Waals surface area contributed by atoms with Gasteiger partial charge in [0.05, 0.1) is 6.10 Å². The van der Waals surface area contributed by atoms with Gasteiger partial charge in [0.15, 0.2) is 0 Å².